The number of sulfone groups is 1. The van der Waals surface area contributed by atoms with E-state index >= 15 is 0 Å². The van der Waals surface area contributed by atoms with Gasteiger partial charge in [0, 0.05) is 45.0 Å². The quantitative estimate of drug-likeness (QED) is 0.367. The van der Waals surface area contributed by atoms with Crippen molar-refractivity contribution in [1.82, 2.24) is 24.9 Å². The lowest BCUT2D eigenvalue weighted by Crippen LogP contribution is -2.45. The maximum absolute atomic E-state index is 13.1. The first-order valence-electron chi connectivity index (χ1n) is 12.8. The van der Waals surface area contributed by atoms with E-state index in [4.69, 9.17) is 14.0 Å². The Morgan fingerprint density at radius 1 is 1.13 bits per heavy atom. The van der Waals surface area contributed by atoms with Crippen LogP contribution < -0.4 is 9.47 Å². The molecule has 11 nitrogen and oxygen atoms in total. The molecule has 3 heterocycles. The van der Waals surface area contributed by atoms with Gasteiger partial charge in [0.2, 0.25) is 17.7 Å². The van der Waals surface area contributed by atoms with Crippen LogP contribution in [0.1, 0.15) is 41.2 Å². The number of ether oxygens (including phenoxy) is 2. The fourth-order valence-corrected chi connectivity index (χ4v) is 6.69. The van der Waals surface area contributed by atoms with Crippen LogP contribution >= 0.6 is 0 Å². The zero-order valence-electron chi connectivity index (χ0n) is 23.0. The Balaban J connectivity index is 1.30. The van der Waals surface area contributed by atoms with Crippen molar-refractivity contribution in [2.24, 2.45) is 0 Å². The summed E-state index contributed by atoms with van der Waals surface area (Å²) in [5, 5.41) is 3.83. The van der Waals surface area contributed by atoms with Gasteiger partial charge < -0.3 is 18.9 Å². The Labute approximate surface area is 229 Å². The first-order valence-corrected chi connectivity index (χ1v) is 14.4. The van der Waals surface area contributed by atoms with E-state index < -0.39 is 15.6 Å². The highest BCUT2D eigenvalue weighted by atomic mass is 32.2. The van der Waals surface area contributed by atoms with Gasteiger partial charge in [-0.3, -0.25) is 9.69 Å². The van der Waals surface area contributed by atoms with E-state index in [1.54, 1.807) is 45.0 Å². The predicted octanol–water partition coefficient (Wildman–Crippen LogP) is 2.74. The van der Waals surface area contributed by atoms with Gasteiger partial charge in [-0.05, 0) is 55.5 Å². The van der Waals surface area contributed by atoms with Crippen LogP contribution in [0.2, 0.25) is 0 Å². The van der Waals surface area contributed by atoms with E-state index in [2.05, 4.69) is 20.0 Å². The molecule has 2 aromatic heterocycles. The van der Waals surface area contributed by atoms with Gasteiger partial charge in [0.05, 0.1) is 19.1 Å². The van der Waals surface area contributed by atoms with Gasteiger partial charge in [0.1, 0.15) is 17.9 Å². The summed E-state index contributed by atoms with van der Waals surface area (Å²) in [6.45, 7) is 5.96. The molecule has 0 saturated carbocycles. The first kappa shape index (κ1) is 28.5. The molecule has 1 aliphatic rings. The van der Waals surface area contributed by atoms with Crippen LogP contribution in [0.3, 0.4) is 0 Å². The van der Waals surface area contributed by atoms with Crippen LogP contribution in [-0.2, 0) is 33.4 Å². The molecule has 1 saturated heterocycles. The SMILES string of the molecule is COc1cc(C)c(S(=O)(=O)Cc2noc(CC(=O)N(C)C3CCN(Cc4ccc(OC)nc4)CC3)n2)c(C)c1. The third-order valence-corrected chi connectivity index (χ3v) is 8.93. The topological polar surface area (TPSA) is 128 Å². The first-order chi connectivity index (χ1) is 18.6. The lowest BCUT2D eigenvalue weighted by Gasteiger charge is -2.36. The molecule has 0 atom stereocenters. The van der Waals surface area contributed by atoms with Gasteiger partial charge in [-0.15, -0.1) is 0 Å². The molecule has 4 rings (SSSR count). The minimum absolute atomic E-state index is 0.0244. The molecule has 0 unspecified atom stereocenters. The number of aryl methyl sites for hydroxylation is 2. The number of benzene rings is 1. The molecule has 210 valence electrons. The number of aromatic nitrogens is 3. The summed E-state index contributed by atoms with van der Waals surface area (Å²) in [6.07, 6.45) is 3.44. The maximum atomic E-state index is 13.1. The number of piperidine rings is 1. The molecule has 1 aliphatic heterocycles. The Morgan fingerprint density at radius 2 is 1.82 bits per heavy atom. The van der Waals surface area contributed by atoms with Gasteiger partial charge in [0.25, 0.3) is 0 Å². The minimum Gasteiger partial charge on any atom is -0.497 e. The van der Waals surface area contributed by atoms with Crippen molar-refractivity contribution in [1.29, 1.82) is 0 Å². The van der Waals surface area contributed by atoms with Crippen LogP contribution in [0.4, 0.5) is 0 Å². The molecule has 1 fully saturated rings. The molecule has 3 aromatic rings. The second-order valence-electron chi connectivity index (χ2n) is 9.85. The molecule has 0 spiro atoms. The summed E-state index contributed by atoms with van der Waals surface area (Å²) in [6, 6.07) is 7.32. The lowest BCUT2D eigenvalue weighted by molar-refractivity contribution is -0.132. The second kappa shape index (κ2) is 12.1. The number of carbonyl (C=O) groups excluding carboxylic acids is 1. The summed E-state index contributed by atoms with van der Waals surface area (Å²) < 4.78 is 41.8. The third kappa shape index (κ3) is 6.93. The standard InChI is InChI=1S/C27H35N5O6S/c1-18-12-22(36-4)13-19(2)27(18)39(34,35)17-23-29-25(38-30-23)14-26(33)31(3)21-8-10-32(11-9-21)16-20-6-7-24(37-5)28-15-20/h6-7,12-13,15,21H,8-11,14,16-17H2,1-5H3. The molecule has 39 heavy (non-hydrogen) atoms. The average molecular weight is 558 g/mol. The molecule has 12 heteroatoms. The van der Waals surface area contributed by atoms with Crippen molar-refractivity contribution in [2.45, 2.75) is 56.3 Å². The monoisotopic (exact) mass is 557 g/mol. The molecule has 0 aliphatic carbocycles. The van der Waals surface area contributed by atoms with E-state index in [0.717, 1.165) is 38.0 Å². The number of rotatable bonds is 10. The van der Waals surface area contributed by atoms with Crippen LogP contribution in [-0.4, -0.2) is 79.6 Å². The van der Waals surface area contributed by atoms with Crippen LogP contribution in [0.5, 0.6) is 11.6 Å². The van der Waals surface area contributed by atoms with E-state index in [1.165, 1.54) is 7.11 Å². The number of nitrogens with zero attached hydrogens (tertiary/aromatic N) is 5. The van der Waals surface area contributed by atoms with Crippen molar-refractivity contribution in [3.8, 4) is 11.6 Å². The van der Waals surface area contributed by atoms with E-state index in [0.29, 0.717) is 22.8 Å². The van der Waals surface area contributed by atoms with Crippen molar-refractivity contribution in [3.05, 3.63) is 58.9 Å². The van der Waals surface area contributed by atoms with E-state index in [9.17, 15) is 13.2 Å². The summed E-state index contributed by atoms with van der Waals surface area (Å²) in [5.41, 5.74) is 2.28. The highest BCUT2D eigenvalue weighted by Crippen LogP contribution is 2.28. The third-order valence-electron chi connectivity index (χ3n) is 7.02. The highest BCUT2D eigenvalue weighted by Gasteiger charge is 2.28. The van der Waals surface area contributed by atoms with Gasteiger partial charge in [-0.25, -0.2) is 13.4 Å². The molecule has 0 radical (unpaired) electrons. The van der Waals surface area contributed by atoms with Crippen molar-refractivity contribution in [2.75, 3.05) is 34.4 Å². The summed E-state index contributed by atoms with van der Waals surface area (Å²) in [7, 11) is 1.18. The number of hydrogen-bond acceptors (Lipinski definition) is 10. The van der Waals surface area contributed by atoms with Crippen molar-refractivity contribution < 1.29 is 27.2 Å². The minimum atomic E-state index is -3.73. The number of hydrogen-bond donors (Lipinski definition) is 0. The van der Waals surface area contributed by atoms with Gasteiger partial charge >= 0.3 is 0 Å². The van der Waals surface area contributed by atoms with Crippen molar-refractivity contribution >= 4 is 15.7 Å². The number of likely N-dealkylation sites (N-methyl/N-ethyl adjacent to an activating group) is 1. The molecule has 1 aromatic carbocycles. The zero-order valence-corrected chi connectivity index (χ0v) is 23.8. The largest absolute Gasteiger partial charge is 0.497 e. The van der Waals surface area contributed by atoms with Crippen LogP contribution in [0.25, 0.3) is 0 Å². The summed E-state index contributed by atoms with van der Waals surface area (Å²) >= 11 is 0. The molecule has 0 bridgehead atoms. The Bertz CT molecular complexity index is 1380. The van der Waals surface area contributed by atoms with Gasteiger partial charge in [-0.1, -0.05) is 11.2 Å². The molecular formula is C27H35N5O6S. The maximum Gasteiger partial charge on any atom is 0.236 e. The predicted molar refractivity (Wildman–Crippen MR) is 143 cm³/mol. The van der Waals surface area contributed by atoms with Gasteiger partial charge in [0.15, 0.2) is 15.7 Å². The Kier molecular flexibility index (Phi) is 8.86. The number of amides is 1. The summed E-state index contributed by atoms with van der Waals surface area (Å²) in [5.74, 6) is 0.744. The van der Waals surface area contributed by atoms with Crippen LogP contribution in [0.15, 0.2) is 39.9 Å². The number of methoxy groups -OCH3 is 2. The van der Waals surface area contributed by atoms with E-state index in [1.807, 2.05) is 18.3 Å². The van der Waals surface area contributed by atoms with Gasteiger partial charge in [-0.2, -0.15) is 4.98 Å². The van der Waals surface area contributed by atoms with E-state index in [-0.39, 0.29) is 35.0 Å². The lowest BCUT2D eigenvalue weighted by atomic mass is 10.0. The fraction of sp³-hybridized carbons (Fsp3) is 0.481. The highest BCUT2D eigenvalue weighted by molar-refractivity contribution is 7.90. The number of carbonyl (C=O) groups is 1. The summed E-state index contributed by atoms with van der Waals surface area (Å²) in [4.78, 5) is 25.7. The molecule has 0 N–H and O–H groups in total. The Morgan fingerprint density at radius 3 is 2.41 bits per heavy atom. The molecule has 1 amide bonds. The van der Waals surface area contributed by atoms with Crippen molar-refractivity contribution in [3.63, 3.8) is 0 Å². The molecular weight excluding hydrogens is 522 g/mol. The average Bonchev–Trinajstić information content (AvgIpc) is 3.34. The number of pyridine rings is 1. The Hall–Kier alpha value is -3.51. The fourth-order valence-electron chi connectivity index (χ4n) is 4.99. The smallest absolute Gasteiger partial charge is 0.236 e. The number of likely N-dealkylation sites (tertiary alicyclic amines) is 1. The normalized spacial score (nSPS) is 14.8. The zero-order chi connectivity index (χ0) is 28.2. The second-order valence-corrected chi connectivity index (χ2v) is 11.8. The van der Waals surface area contributed by atoms with Crippen LogP contribution in [0, 0.1) is 13.8 Å².